The highest BCUT2D eigenvalue weighted by atomic mass is 35.5. The molecule has 1 aliphatic rings. The standard InChI is InChI=1S/C18H18ClNO2/c1-12-17-9-14(19)5-8-16(17)18(11-21)20(12)10-13-3-6-15(22-2)7-4-13/h3-9,11-12,18H,10H2,1-2H3. The fourth-order valence-electron chi connectivity index (χ4n) is 3.10. The molecule has 4 heteroatoms. The number of benzene rings is 2. The van der Waals surface area contributed by atoms with Crippen molar-refractivity contribution in [2.24, 2.45) is 0 Å². The monoisotopic (exact) mass is 315 g/mol. The number of halogens is 1. The van der Waals surface area contributed by atoms with E-state index in [1.165, 1.54) is 0 Å². The van der Waals surface area contributed by atoms with Crippen LogP contribution >= 0.6 is 11.6 Å². The predicted octanol–water partition coefficient (Wildman–Crippen LogP) is 4.17. The van der Waals surface area contributed by atoms with Crippen LogP contribution in [-0.2, 0) is 11.3 Å². The quantitative estimate of drug-likeness (QED) is 0.793. The molecule has 0 aromatic heterocycles. The average Bonchev–Trinajstić information content (AvgIpc) is 2.80. The van der Waals surface area contributed by atoms with Crippen LogP contribution in [0.5, 0.6) is 5.75 Å². The third-order valence-electron chi connectivity index (χ3n) is 4.33. The third kappa shape index (κ3) is 2.62. The molecule has 0 radical (unpaired) electrons. The first-order chi connectivity index (χ1) is 10.6. The van der Waals surface area contributed by atoms with Gasteiger partial charge in [0.2, 0.25) is 0 Å². The second-order valence-corrected chi connectivity index (χ2v) is 5.99. The van der Waals surface area contributed by atoms with Gasteiger partial charge in [-0.05, 0) is 47.9 Å². The molecule has 2 atom stereocenters. The summed E-state index contributed by atoms with van der Waals surface area (Å²) in [6.45, 7) is 2.82. The lowest BCUT2D eigenvalue weighted by atomic mass is 10.0. The molecule has 2 aromatic rings. The van der Waals surface area contributed by atoms with Crippen molar-refractivity contribution < 1.29 is 9.53 Å². The number of ether oxygens (including phenoxy) is 1. The molecule has 2 unspecified atom stereocenters. The van der Waals surface area contributed by atoms with E-state index in [9.17, 15) is 4.79 Å². The van der Waals surface area contributed by atoms with Crippen LogP contribution in [0.15, 0.2) is 42.5 Å². The van der Waals surface area contributed by atoms with Gasteiger partial charge in [0.25, 0.3) is 0 Å². The second-order valence-electron chi connectivity index (χ2n) is 5.55. The maximum atomic E-state index is 11.6. The van der Waals surface area contributed by atoms with Gasteiger partial charge in [0.15, 0.2) is 0 Å². The molecule has 1 heterocycles. The zero-order valence-electron chi connectivity index (χ0n) is 12.6. The highest BCUT2D eigenvalue weighted by molar-refractivity contribution is 6.30. The largest absolute Gasteiger partial charge is 0.497 e. The number of aldehydes is 1. The van der Waals surface area contributed by atoms with Crippen molar-refractivity contribution in [2.75, 3.05) is 7.11 Å². The maximum absolute atomic E-state index is 11.6. The first-order valence-electron chi connectivity index (χ1n) is 7.27. The number of methoxy groups -OCH3 is 1. The first kappa shape index (κ1) is 15.1. The van der Waals surface area contributed by atoms with Gasteiger partial charge in [-0.2, -0.15) is 0 Å². The van der Waals surface area contributed by atoms with E-state index < -0.39 is 0 Å². The van der Waals surface area contributed by atoms with Gasteiger partial charge in [-0.25, -0.2) is 0 Å². The van der Waals surface area contributed by atoms with Crippen LogP contribution in [0.4, 0.5) is 0 Å². The number of hydrogen-bond acceptors (Lipinski definition) is 3. The number of rotatable bonds is 4. The number of nitrogens with zero attached hydrogens (tertiary/aromatic N) is 1. The normalized spacial score (nSPS) is 20.7. The molecule has 0 saturated carbocycles. The van der Waals surface area contributed by atoms with Crippen LogP contribution in [0.3, 0.4) is 0 Å². The number of carbonyl (C=O) groups excluding carboxylic acids is 1. The summed E-state index contributed by atoms with van der Waals surface area (Å²) in [5.41, 5.74) is 3.34. The van der Waals surface area contributed by atoms with E-state index >= 15 is 0 Å². The summed E-state index contributed by atoms with van der Waals surface area (Å²) in [5.74, 6) is 0.834. The molecule has 0 saturated heterocycles. The molecular formula is C18H18ClNO2. The molecule has 1 aliphatic heterocycles. The van der Waals surface area contributed by atoms with Gasteiger partial charge in [-0.3, -0.25) is 4.90 Å². The molecule has 3 nitrogen and oxygen atoms in total. The molecule has 0 bridgehead atoms. The zero-order valence-corrected chi connectivity index (χ0v) is 13.4. The van der Waals surface area contributed by atoms with Gasteiger partial charge in [0.1, 0.15) is 12.0 Å². The van der Waals surface area contributed by atoms with Crippen molar-refractivity contribution in [1.82, 2.24) is 4.90 Å². The Morgan fingerprint density at radius 1 is 1.18 bits per heavy atom. The Morgan fingerprint density at radius 3 is 2.55 bits per heavy atom. The lowest BCUT2D eigenvalue weighted by Crippen LogP contribution is -2.25. The van der Waals surface area contributed by atoms with E-state index in [1.807, 2.05) is 42.5 Å². The van der Waals surface area contributed by atoms with Crippen molar-refractivity contribution in [1.29, 1.82) is 0 Å². The molecule has 114 valence electrons. The van der Waals surface area contributed by atoms with E-state index in [0.29, 0.717) is 11.6 Å². The smallest absolute Gasteiger partial charge is 0.141 e. The minimum atomic E-state index is -0.218. The Labute approximate surface area is 135 Å². The van der Waals surface area contributed by atoms with Crippen molar-refractivity contribution >= 4 is 17.9 Å². The third-order valence-corrected chi connectivity index (χ3v) is 4.56. The summed E-state index contributed by atoms with van der Waals surface area (Å²) in [7, 11) is 1.65. The summed E-state index contributed by atoms with van der Waals surface area (Å²) in [5, 5.41) is 0.710. The molecule has 0 aliphatic carbocycles. The lowest BCUT2D eigenvalue weighted by molar-refractivity contribution is -0.113. The summed E-state index contributed by atoms with van der Waals surface area (Å²) in [6.07, 6.45) is 1.01. The summed E-state index contributed by atoms with van der Waals surface area (Å²) >= 11 is 6.10. The van der Waals surface area contributed by atoms with Crippen molar-refractivity contribution in [3.05, 3.63) is 64.2 Å². The van der Waals surface area contributed by atoms with E-state index in [-0.39, 0.29) is 12.1 Å². The molecular weight excluding hydrogens is 298 g/mol. The highest BCUT2D eigenvalue weighted by Crippen LogP contribution is 2.42. The molecule has 0 N–H and O–H groups in total. The van der Waals surface area contributed by atoms with E-state index in [2.05, 4.69) is 11.8 Å². The molecule has 22 heavy (non-hydrogen) atoms. The van der Waals surface area contributed by atoms with Gasteiger partial charge in [0, 0.05) is 17.6 Å². The minimum Gasteiger partial charge on any atom is -0.497 e. The van der Waals surface area contributed by atoms with Gasteiger partial charge in [0.05, 0.1) is 13.2 Å². The van der Waals surface area contributed by atoms with Gasteiger partial charge < -0.3 is 9.53 Å². The van der Waals surface area contributed by atoms with Crippen molar-refractivity contribution in [3.8, 4) is 5.75 Å². The molecule has 0 amide bonds. The van der Waals surface area contributed by atoms with E-state index in [0.717, 1.165) is 28.7 Å². The van der Waals surface area contributed by atoms with Crippen LogP contribution in [0.1, 0.15) is 35.7 Å². The van der Waals surface area contributed by atoms with Crippen LogP contribution < -0.4 is 4.74 Å². The average molecular weight is 316 g/mol. The molecule has 0 spiro atoms. The Kier molecular flexibility index (Phi) is 4.19. The summed E-state index contributed by atoms with van der Waals surface area (Å²) in [4.78, 5) is 13.8. The fraction of sp³-hybridized carbons (Fsp3) is 0.278. The van der Waals surface area contributed by atoms with Gasteiger partial charge in [-0.1, -0.05) is 29.8 Å². The Bertz CT molecular complexity index is 684. The fourth-order valence-corrected chi connectivity index (χ4v) is 3.28. The first-order valence-corrected chi connectivity index (χ1v) is 7.65. The number of carbonyl (C=O) groups is 1. The lowest BCUT2D eigenvalue weighted by Gasteiger charge is -2.25. The van der Waals surface area contributed by atoms with E-state index in [4.69, 9.17) is 16.3 Å². The van der Waals surface area contributed by atoms with Crippen molar-refractivity contribution in [3.63, 3.8) is 0 Å². The number of hydrogen-bond donors (Lipinski definition) is 0. The Balaban J connectivity index is 1.88. The Hall–Kier alpha value is -1.84. The molecule has 2 aromatic carbocycles. The second kappa shape index (κ2) is 6.11. The van der Waals surface area contributed by atoms with Gasteiger partial charge >= 0.3 is 0 Å². The van der Waals surface area contributed by atoms with Gasteiger partial charge in [-0.15, -0.1) is 0 Å². The molecule has 3 rings (SSSR count). The summed E-state index contributed by atoms with van der Waals surface area (Å²) in [6, 6.07) is 13.7. The number of fused-ring (bicyclic) bond motifs is 1. The minimum absolute atomic E-state index is 0.158. The SMILES string of the molecule is COc1ccc(CN2C(C)c3cc(Cl)ccc3C2C=O)cc1. The van der Waals surface area contributed by atoms with E-state index in [1.54, 1.807) is 7.11 Å². The van der Waals surface area contributed by atoms with Crippen LogP contribution in [0, 0.1) is 0 Å². The predicted molar refractivity (Wildman–Crippen MR) is 87.2 cm³/mol. The topological polar surface area (TPSA) is 29.5 Å². The van der Waals surface area contributed by atoms with Crippen LogP contribution in [0.25, 0.3) is 0 Å². The maximum Gasteiger partial charge on any atom is 0.141 e. The Morgan fingerprint density at radius 2 is 1.91 bits per heavy atom. The zero-order chi connectivity index (χ0) is 15.7. The summed E-state index contributed by atoms with van der Waals surface area (Å²) < 4.78 is 5.18. The van der Waals surface area contributed by atoms with Crippen LogP contribution in [-0.4, -0.2) is 18.3 Å². The van der Waals surface area contributed by atoms with Crippen LogP contribution in [0.2, 0.25) is 5.02 Å². The highest BCUT2D eigenvalue weighted by Gasteiger charge is 2.35. The molecule has 0 fully saturated rings. The van der Waals surface area contributed by atoms with Crippen molar-refractivity contribution in [2.45, 2.75) is 25.6 Å².